The minimum absolute atomic E-state index is 0. The molecule has 30 heavy (non-hydrogen) atoms. The number of hydrogen-bond donors (Lipinski definition) is 0. The Hall–Kier alpha value is -1.44. The molecule has 0 amide bonds. The van der Waals surface area contributed by atoms with Gasteiger partial charge in [-0.15, -0.1) is 6.58 Å². The van der Waals surface area contributed by atoms with Crippen LogP contribution >= 0.6 is 7.26 Å². The Morgan fingerprint density at radius 3 is 1.30 bits per heavy atom. The number of halogens is 1. The number of hydrogen-bond acceptors (Lipinski definition) is 0. The Kier molecular flexibility index (Phi) is 11.4. The molecule has 0 aliphatic heterocycles. The molecule has 3 rings (SSSR count). The number of unbranched alkanes of at least 4 members (excludes halogenated alkanes) is 6. The van der Waals surface area contributed by atoms with Crippen LogP contribution in [0.5, 0.6) is 0 Å². The topological polar surface area (TPSA) is 0 Å². The predicted molar refractivity (Wildman–Crippen MR) is 133 cm³/mol. The Morgan fingerprint density at radius 2 is 0.900 bits per heavy atom. The van der Waals surface area contributed by atoms with Gasteiger partial charge in [-0.25, -0.2) is 0 Å². The molecule has 0 unspecified atom stereocenters. The van der Waals surface area contributed by atoms with E-state index in [2.05, 4.69) is 97.6 Å². The second kappa shape index (κ2) is 13.8. The summed E-state index contributed by atoms with van der Waals surface area (Å²) >= 11 is 0. The zero-order chi connectivity index (χ0) is 20.2. The summed E-state index contributed by atoms with van der Waals surface area (Å²) in [5, 5.41) is 4.51. The molecule has 3 aromatic rings. The number of benzene rings is 3. The zero-order valence-electron chi connectivity index (χ0n) is 17.9. The number of rotatable bonds is 12. The first-order valence-electron chi connectivity index (χ1n) is 11.0. The lowest BCUT2D eigenvalue weighted by molar-refractivity contribution is -0.00000578. The standard InChI is InChI=1S/C28H34P.HI/c1-2-3-4-5-6-7-8-18-25-29(26-19-12-9-13-20-26,27-21-14-10-15-22-27)28-23-16-11-17-24-28;/h2,9-17,19-24H,1,3-8,18,25H2;1H/q+1;/p-1. The van der Waals surface area contributed by atoms with E-state index in [-0.39, 0.29) is 24.0 Å². The quantitative estimate of drug-likeness (QED) is 0.145. The highest BCUT2D eigenvalue weighted by Gasteiger charge is 2.44. The van der Waals surface area contributed by atoms with Gasteiger partial charge in [0.1, 0.15) is 23.2 Å². The lowest BCUT2D eigenvalue weighted by atomic mass is 10.1. The second-order valence-electron chi connectivity index (χ2n) is 7.74. The van der Waals surface area contributed by atoms with E-state index in [1.165, 1.54) is 60.6 Å². The van der Waals surface area contributed by atoms with E-state index in [9.17, 15) is 0 Å². The van der Waals surface area contributed by atoms with Crippen molar-refractivity contribution in [1.82, 2.24) is 0 Å². The normalized spacial score (nSPS) is 10.9. The smallest absolute Gasteiger partial charge is 0.112 e. The van der Waals surface area contributed by atoms with Gasteiger partial charge >= 0.3 is 0 Å². The molecule has 0 radical (unpaired) electrons. The van der Waals surface area contributed by atoms with Gasteiger partial charge < -0.3 is 24.0 Å². The minimum atomic E-state index is -1.63. The Balaban J connectivity index is 0.00000320. The molecule has 0 atom stereocenters. The van der Waals surface area contributed by atoms with Crippen molar-refractivity contribution in [3.63, 3.8) is 0 Å². The van der Waals surface area contributed by atoms with Crippen LogP contribution in [0.3, 0.4) is 0 Å². The molecule has 2 heteroatoms. The molecule has 3 aromatic carbocycles. The van der Waals surface area contributed by atoms with Crippen molar-refractivity contribution in [1.29, 1.82) is 0 Å². The molecule has 0 fully saturated rings. The van der Waals surface area contributed by atoms with Crippen LogP contribution in [0.4, 0.5) is 0 Å². The largest absolute Gasteiger partial charge is 1.00 e. The fourth-order valence-electron chi connectivity index (χ4n) is 4.23. The van der Waals surface area contributed by atoms with Crippen LogP contribution in [-0.2, 0) is 0 Å². The average Bonchev–Trinajstić information content (AvgIpc) is 2.80. The molecular weight excluding hydrogens is 494 g/mol. The molecule has 0 nitrogen and oxygen atoms in total. The van der Waals surface area contributed by atoms with Crippen molar-refractivity contribution < 1.29 is 24.0 Å². The molecule has 0 heterocycles. The molecular formula is C28H34IP. The highest BCUT2D eigenvalue weighted by Crippen LogP contribution is 2.55. The van der Waals surface area contributed by atoms with Gasteiger partial charge in [-0.2, -0.15) is 0 Å². The van der Waals surface area contributed by atoms with Crippen LogP contribution in [0.2, 0.25) is 0 Å². The zero-order valence-corrected chi connectivity index (χ0v) is 21.0. The van der Waals surface area contributed by atoms with Crippen molar-refractivity contribution >= 4 is 23.2 Å². The van der Waals surface area contributed by atoms with Gasteiger partial charge in [-0.1, -0.05) is 79.9 Å². The monoisotopic (exact) mass is 528 g/mol. The van der Waals surface area contributed by atoms with E-state index in [1.807, 2.05) is 6.08 Å². The molecule has 0 saturated carbocycles. The van der Waals surface area contributed by atoms with E-state index in [1.54, 1.807) is 0 Å². The third-order valence-electron chi connectivity index (χ3n) is 5.74. The van der Waals surface area contributed by atoms with Crippen molar-refractivity contribution in [3.8, 4) is 0 Å². The molecule has 0 saturated heterocycles. The van der Waals surface area contributed by atoms with Crippen LogP contribution in [0, 0.1) is 0 Å². The molecule has 0 N–H and O–H groups in total. The Labute approximate surface area is 201 Å². The van der Waals surface area contributed by atoms with Crippen LogP contribution in [-0.4, -0.2) is 6.16 Å². The summed E-state index contributed by atoms with van der Waals surface area (Å²) in [6, 6.07) is 33.7. The maximum Gasteiger partial charge on any atom is 0.112 e. The van der Waals surface area contributed by atoms with Crippen molar-refractivity contribution in [2.75, 3.05) is 6.16 Å². The maximum absolute atomic E-state index is 3.83. The van der Waals surface area contributed by atoms with E-state index in [0.29, 0.717) is 0 Å². The predicted octanol–water partition coefficient (Wildman–Crippen LogP) is 3.90. The summed E-state index contributed by atoms with van der Waals surface area (Å²) in [6.45, 7) is 3.83. The molecule has 0 aromatic heterocycles. The van der Waals surface area contributed by atoms with Gasteiger partial charge in [0.25, 0.3) is 0 Å². The highest BCUT2D eigenvalue weighted by atomic mass is 127. The van der Waals surface area contributed by atoms with Crippen molar-refractivity contribution in [2.45, 2.75) is 44.9 Å². The fourth-order valence-corrected chi connectivity index (χ4v) is 8.64. The van der Waals surface area contributed by atoms with Gasteiger partial charge in [-0.05, 0) is 62.1 Å². The number of allylic oxidation sites excluding steroid dienone is 1. The lowest BCUT2D eigenvalue weighted by Gasteiger charge is -2.27. The Morgan fingerprint density at radius 1 is 0.533 bits per heavy atom. The summed E-state index contributed by atoms with van der Waals surface area (Å²) in [5.41, 5.74) is 0. The minimum Gasteiger partial charge on any atom is -1.00 e. The third kappa shape index (κ3) is 6.53. The first-order chi connectivity index (χ1) is 14.4. The van der Waals surface area contributed by atoms with E-state index in [0.717, 1.165) is 6.42 Å². The summed E-state index contributed by atoms with van der Waals surface area (Å²) in [4.78, 5) is 0. The van der Waals surface area contributed by atoms with Crippen molar-refractivity contribution in [2.24, 2.45) is 0 Å². The van der Waals surface area contributed by atoms with Crippen molar-refractivity contribution in [3.05, 3.63) is 104 Å². The van der Waals surface area contributed by atoms with Crippen LogP contribution in [0.1, 0.15) is 44.9 Å². The molecule has 0 bridgehead atoms. The Bertz CT molecular complexity index is 734. The third-order valence-corrected chi connectivity index (χ3v) is 10.3. The summed E-state index contributed by atoms with van der Waals surface area (Å²) < 4.78 is 0. The van der Waals surface area contributed by atoms with E-state index in [4.69, 9.17) is 0 Å². The SMILES string of the molecule is C=CCCCCCCCC[P+](c1ccccc1)(c1ccccc1)c1ccccc1.[I-]. The van der Waals surface area contributed by atoms with E-state index >= 15 is 0 Å². The summed E-state index contributed by atoms with van der Waals surface area (Å²) in [7, 11) is -1.63. The van der Waals surface area contributed by atoms with Gasteiger partial charge in [0.2, 0.25) is 0 Å². The molecule has 0 aliphatic carbocycles. The lowest BCUT2D eigenvalue weighted by Crippen LogP contribution is -3.00. The van der Waals surface area contributed by atoms with Gasteiger partial charge in [0.15, 0.2) is 0 Å². The summed E-state index contributed by atoms with van der Waals surface area (Å²) in [5.74, 6) is 0. The summed E-state index contributed by atoms with van der Waals surface area (Å²) in [6.07, 6.45) is 12.4. The highest BCUT2D eigenvalue weighted by molar-refractivity contribution is 7.95. The fraction of sp³-hybridized carbons (Fsp3) is 0.286. The van der Waals surface area contributed by atoms with E-state index < -0.39 is 7.26 Å². The first-order valence-corrected chi connectivity index (χ1v) is 13.0. The molecule has 158 valence electrons. The van der Waals surface area contributed by atoms with Crippen LogP contribution < -0.4 is 39.9 Å². The van der Waals surface area contributed by atoms with Gasteiger partial charge in [0.05, 0.1) is 6.16 Å². The molecule has 0 aliphatic rings. The first kappa shape index (κ1) is 24.8. The molecule has 0 spiro atoms. The van der Waals surface area contributed by atoms with Crippen LogP contribution in [0.15, 0.2) is 104 Å². The van der Waals surface area contributed by atoms with Gasteiger partial charge in [-0.3, -0.25) is 0 Å². The van der Waals surface area contributed by atoms with Gasteiger partial charge in [0, 0.05) is 0 Å². The average molecular weight is 528 g/mol. The van der Waals surface area contributed by atoms with Crippen LogP contribution in [0.25, 0.3) is 0 Å². The maximum atomic E-state index is 3.83. The second-order valence-corrected chi connectivity index (χ2v) is 11.4.